The summed E-state index contributed by atoms with van der Waals surface area (Å²) in [5, 5.41) is 3.09. The highest BCUT2D eigenvalue weighted by molar-refractivity contribution is 5.92. The maximum absolute atomic E-state index is 13.8. The van der Waals surface area contributed by atoms with Crippen molar-refractivity contribution in [2.24, 2.45) is 13.0 Å². The van der Waals surface area contributed by atoms with Crippen LogP contribution in [0.15, 0.2) is 30.6 Å². The molecule has 1 N–H and O–H groups in total. The van der Waals surface area contributed by atoms with Crippen LogP contribution in [0.4, 0.5) is 0 Å². The van der Waals surface area contributed by atoms with Crippen molar-refractivity contribution in [3.63, 3.8) is 0 Å². The standard InChI is InChI=1S/C28H39N7O5/c1-20(36)34-12-13-39-14-15-40-26-5-3-4-23(31-26)27(37)30-22-16-24(28(38)33-9-6-21(17-34)7-10-33)35(18-22)19-25-29-8-11-32(25)2/h3-5,8,11,21-22,24H,6-7,9-10,12-19H2,1-2H3,(H,30,37)/t22-,24+/m1/s1. The first kappa shape index (κ1) is 28.0. The number of amides is 3. The van der Waals surface area contributed by atoms with E-state index in [-0.39, 0.29) is 42.1 Å². The second kappa shape index (κ2) is 12.8. The number of hydrogen-bond donors (Lipinski definition) is 1. The molecule has 3 amide bonds. The molecular weight excluding hydrogens is 514 g/mol. The zero-order valence-corrected chi connectivity index (χ0v) is 23.3. The minimum atomic E-state index is -0.360. The van der Waals surface area contributed by atoms with Gasteiger partial charge in [-0.15, -0.1) is 0 Å². The molecule has 0 unspecified atom stereocenters. The number of hydrogen-bond acceptors (Lipinski definition) is 8. The monoisotopic (exact) mass is 553 g/mol. The number of carbonyl (C=O) groups is 3. The van der Waals surface area contributed by atoms with Gasteiger partial charge in [-0.1, -0.05) is 6.07 Å². The molecule has 4 aliphatic rings. The molecule has 6 bridgehead atoms. The number of pyridine rings is 1. The second-order valence-electron chi connectivity index (χ2n) is 10.9. The summed E-state index contributed by atoms with van der Waals surface area (Å²) in [6, 6.07) is 4.51. The van der Waals surface area contributed by atoms with Crippen LogP contribution >= 0.6 is 0 Å². The maximum atomic E-state index is 13.8. The van der Waals surface area contributed by atoms with Crippen LogP contribution in [0, 0.1) is 5.92 Å². The van der Waals surface area contributed by atoms with E-state index < -0.39 is 0 Å². The lowest BCUT2D eigenvalue weighted by atomic mass is 9.95. The Morgan fingerprint density at radius 3 is 2.67 bits per heavy atom. The van der Waals surface area contributed by atoms with Gasteiger partial charge in [0.2, 0.25) is 17.7 Å². The highest BCUT2D eigenvalue weighted by atomic mass is 16.5. The van der Waals surface area contributed by atoms with Gasteiger partial charge in [0, 0.05) is 71.2 Å². The van der Waals surface area contributed by atoms with E-state index in [1.807, 2.05) is 27.6 Å². The average molecular weight is 554 g/mol. The summed E-state index contributed by atoms with van der Waals surface area (Å²) in [7, 11) is 1.94. The van der Waals surface area contributed by atoms with Gasteiger partial charge < -0.3 is 29.2 Å². The largest absolute Gasteiger partial charge is 0.475 e. The Morgan fingerprint density at radius 2 is 1.93 bits per heavy atom. The SMILES string of the molecule is CC(=O)N1CCOCCOc2cccc(n2)C(=O)N[C@@H]2C[C@@H](C(=O)N3CCC(CC3)C1)N(Cc1nccn1C)C2. The summed E-state index contributed by atoms with van der Waals surface area (Å²) in [6.45, 7) is 6.16. The summed E-state index contributed by atoms with van der Waals surface area (Å²) in [4.78, 5) is 54.0. The van der Waals surface area contributed by atoms with E-state index in [4.69, 9.17) is 9.47 Å². The number of fused-ring (bicyclic) bond motifs is 10. The molecule has 4 aliphatic heterocycles. The summed E-state index contributed by atoms with van der Waals surface area (Å²) >= 11 is 0. The number of aryl methyl sites for hydroxylation is 1. The van der Waals surface area contributed by atoms with Crippen LogP contribution in [0.3, 0.4) is 0 Å². The number of likely N-dealkylation sites (tertiary alicyclic amines) is 1. The third-order valence-electron chi connectivity index (χ3n) is 8.08. The summed E-state index contributed by atoms with van der Waals surface area (Å²) in [5.41, 5.74) is 0.258. The molecule has 2 aromatic rings. The molecule has 0 aliphatic carbocycles. The fourth-order valence-electron chi connectivity index (χ4n) is 5.77. The third kappa shape index (κ3) is 6.79. The first-order valence-electron chi connectivity index (χ1n) is 14.1. The Morgan fingerprint density at radius 1 is 1.10 bits per heavy atom. The van der Waals surface area contributed by atoms with Gasteiger partial charge in [0.1, 0.15) is 18.1 Å². The summed E-state index contributed by atoms with van der Waals surface area (Å²) in [5.74, 6) is 1.35. The molecule has 0 aromatic carbocycles. The lowest BCUT2D eigenvalue weighted by Gasteiger charge is -2.37. The second-order valence-corrected chi connectivity index (χ2v) is 10.9. The number of ether oxygens (including phenoxy) is 2. The molecule has 0 radical (unpaired) electrons. The van der Waals surface area contributed by atoms with Gasteiger partial charge in [-0.05, 0) is 31.2 Å². The predicted molar refractivity (Wildman–Crippen MR) is 145 cm³/mol. The van der Waals surface area contributed by atoms with Crippen molar-refractivity contribution in [3.8, 4) is 5.88 Å². The lowest BCUT2D eigenvalue weighted by molar-refractivity contribution is -0.138. The molecule has 2 atom stereocenters. The molecule has 0 saturated carbocycles. The van der Waals surface area contributed by atoms with Crippen LogP contribution < -0.4 is 10.1 Å². The Kier molecular flexibility index (Phi) is 8.95. The summed E-state index contributed by atoms with van der Waals surface area (Å²) in [6.07, 6.45) is 5.85. The quantitative estimate of drug-likeness (QED) is 0.539. The zero-order chi connectivity index (χ0) is 28.1. The van der Waals surface area contributed by atoms with Gasteiger partial charge in [0.05, 0.1) is 25.8 Å². The van der Waals surface area contributed by atoms with Crippen LogP contribution in [-0.2, 0) is 27.9 Å². The topological polar surface area (TPSA) is 122 Å². The molecule has 12 nitrogen and oxygen atoms in total. The van der Waals surface area contributed by atoms with Crippen molar-refractivity contribution in [2.75, 3.05) is 52.5 Å². The van der Waals surface area contributed by atoms with Gasteiger partial charge in [0.25, 0.3) is 5.91 Å². The van der Waals surface area contributed by atoms with Crippen LogP contribution in [-0.4, -0.2) is 112 Å². The van der Waals surface area contributed by atoms with E-state index in [1.54, 1.807) is 31.3 Å². The average Bonchev–Trinajstić information content (AvgIpc) is 3.54. The van der Waals surface area contributed by atoms with Crippen molar-refractivity contribution in [3.05, 3.63) is 42.1 Å². The fraction of sp³-hybridized carbons (Fsp3) is 0.607. The van der Waals surface area contributed by atoms with Crippen molar-refractivity contribution in [1.82, 2.24) is 34.6 Å². The van der Waals surface area contributed by atoms with Crippen molar-refractivity contribution in [1.29, 1.82) is 0 Å². The molecule has 40 heavy (non-hydrogen) atoms. The van der Waals surface area contributed by atoms with E-state index in [0.717, 1.165) is 18.7 Å². The molecule has 12 heteroatoms. The molecular formula is C28H39N7O5. The number of carbonyl (C=O) groups excluding carboxylic acids is 3. The minimum absolute atomic E-state index is 0.0249. The maximum Gasteiger partial charge on any atom is 0.270 e. The van der Waals surface area contributed by atoms with Gasteiger partial charge in [-0.2, -0.15) is 0 Å². The molecule has 6 rings (SSSR count). The number of aromatic nitrogens is 3. The van der Waals surface area contributed by atoms with Crippen molar-refractivity contribution >= 4 is 17.7 Å². The van der Waals surface area contributed by atoms with E-state index in [9.17, 15) is 14.4 Å². The first-order chi connectivity index (χ1) is 19.4. The predicted octanol–water partition coefficient (Wildman–Crippen LogP) is 0.684. The molecule has 216 valence electrons. The van der Waals surface area contributed by atoms with Crippen molar-refractivity contribution in [2.45, 2.75) is 44.8 Å². The Balaban J connectivity index is 1.35. The van der Waals surface area contributed by atoms with E-state index >= 15 is 0 Å². The van der Waals surface area contributed by atoms with Crippen LogP contribution in [0.2, 0.25) is 0 Å². The Hall–Kier alpha value is -3.51. The smallest absolute Gasteiger partial charge is 0.270 e. The number of piperidine rings is 1. The first-order valence-corrected chi connectivity index (χ1v) is 14.1. The highest BCUT2D eigenvalue weighted by Gasteiger charge is 2.41. The van der Waals surface area contributed by atoms with E-state index in [0.29, 0.717) is 70.7 Å². The number of imidazole rings is 1. The summed E-state index contributed by atoms with van der Waals surface area (Å²) < 4.78 is 13.4. The zero-order valence-electron chi connectivity index (χ0n) is 23.3. The normalized spacial score (nSPS) is 25.3. The number of rotatable bonds is 2. The van der Waals surface area contributed by atoms with E-state index in [2.05, 4.69) is 20.2 Å². The molecule has 2 fully saturated rings. The Labute approximate surface area is 234 Å². The van der Waals surface area contributed by atoms with Crippen molar-refractivity contribution < 1.29 is 23.9 Å². The van der Waals surface area contributed by atoms with E-state index in [1.165, 1.54) is 0 Å². The lowest BCUT2D eigenvalue weighted by Crippen LogP contribution is -2.49. The minimum Gasteiger partial charge on any atom is -0.475 e. The van der Waals surface area contributed by atoms with Crippen LogP contribution in [0.1, 0.15) is 42.5 Å². The molecule has 2 saturated heterocycles. The molecule has 0 spiro atoms. The van der Waals surface area contributed by atoms with Crippen LogP contribution in [0.5, 0.6) is 5.88 Å². The third-order valence-corrected chi connectivity index (χ3v) is 8.08. The van der Waals surface area contributed by atoms with Gasteiger partial charge in [-0.25, -0.2) is 9.97 Å². The number of nitrogens with one attached hydrogen (secondary N) is 1. The van der Waals surface area contributed by atoms with Gasteiger partial charge in [-0.3, -0.25) is 19.3 Å². The highest BCUT2D eigenvalue weighted by Crippen LogP contribution is 2.26. The molecule has 6 heterocycles. The van der Waals surface area contributed by atoms with Crippen LogP contribution in [0.25, 0.3) is 0 Å². The van der Waals surface area contributed by atoms with Gasteiger partial charge >= 0.3 is 0 Å². The van der Waals surface area contributed by atoms with Gasteiger partial charge in [0.15, 0.2) is 0 Å². The molecule has 2 aromatic heterocycles. The Bertz CT molecular complexity index is 1200. The number of nitrogens with zero attached hydrogens (tertiary/aromatic N) is 6. The fourth-order valence-corrected chi connectivity index (χ4v) is 5.77.